The molecule has 0 aliphatic heterocycles. The molecule has 0 unspecified atom stereocenters. The van der Waals surface area contributed by atoms with Crippen molar-refractivity contribution in [3.63, 3.8) is 0 Å². The molecular formula is C20H25NO4. The van der Waals surface area contributed by atoms with Crippen LogP contribution in [0.2, 0.25) is 0 Å². The summed E-state index contributed by atoms with van der Waals surface area (Å²) in [6.45, 7) is 4.99. The highest BCUT2D eigenvalue weighted by molar-refractivity contribution is 5.91. The Kier molecular flexibility index (Phi) is 7.14. The molecule has 25 heavy (non-hydrogen) atoms. The van der Waals surface area contributed by atoms with Crippen molar-refractivity contribution in [2.24, 2.45) is 0 Å². The lowest BCUT2D eigenvalue weighted by Gasteiger charge is -2.12. The number of amides is 1. The van der Waals surface area contributed by atoms with Crippen LogP contribution in [-0.4, -0.2) is 26.2 Å². The quantitative estimate of drug-likeness (QED) is 0.693. The molecule has 0 aromatic heterocycles. The molecule has 0 atom stereocenters. The van der Waals surface area contributed by atoms with Crippen molar-refractivity contribution in [2.45, 2.75) is 26.7 Å². The lowest BCUT2D eigenvalue weighted by atomic mass is 10.2. The standard InChI is InChI=1S/C20H25NO4/c1-4-24-18-11-10-16(14-19(18)23-3)21-20(22)9-6-12-25-17-8-5-7-15(2)13-17/h5,7-8,10-11,13-14H,4,6,9,12H2,1-3H3,(H,21,22). The number of benzene rings is 2. The third-order valence-corrected chi connectivity index (χ3v) is 3.55. The van der Waals surface area contributed by atoms with E-state index in [-0.39, 0.29) is 5.91 Å². The van der Waals surface area contributed by atoms with Crippen molar-refractivity contribution in [1.29, 1.82) is 0 Å². The van der Waals surface area contributed by atoms with Gasteiger partial charge in [-0.1, -0.05) is 12.1 Å². The van der Waals surface area contributed by atoms with E-state index in [9.17, 15) is 4.79 Å². The molecule has 0 spiro atoms. The van der Waals surface area contributed by atoms with Gasteiger partial charge in [-0.2, -0.15) is 0 Å². The molecule has 2 rings (SSSR count). The molecule has 2 aromatic rings. The van der Waals surface area contributed by atoms with Gasteiger partial charge in [0, 0.05) is 18.2 Å². The van der Waals surface area contributed by atoms with Crippen LogP contribution >= 0.6 is 0 Å². The zero-order valence-corrected chi connectivity index (χ0v) is 15.0. The first-order chi connectivity index (χ1) is 12.1. The third kappa shape index (κ3) is 6.03. The highest BCUT2D eigenvalue weighted by Gasteiger charge is 2.08. The van der Waals surface area contributed by atoms with E-state index < -0.39 is 0 Å². The molecule has 2 aromatic carbocycles. The second kappa shape index (κ2) is 9.57. The number of methoxy groups -OCH3 is 1. The van der Waals surface area contributed by atoms with Crippen molar-refractivity contribution in [3.05, 3.63) is 48.0 Å². The summed E-state index contributed by atoms with van der Waals surface area (Å²) in [6, 6.07) is 13.2. The van der Waals surface area contributed by atoms with Crippen LogP contribution in [0.15, 0.2) is 42.5 Å². The summed E-state index contributed by atoms with van der Waals surface area (Å²) in [5.41, 5.74) is 1.84. The van der Waals surface area contributed by atoms with E-state index in [0.29, 0.717) is 43.2 Å². The van der Waals surface area contributed by atoms with Gasteiger partial charge in [-0.3, -0.25) is 4.79 Å². The summed E-state index contributed by atoms with van der Waals surface area (Å²) in [4.78, 5) is 12.0. The van der Waals surface area contributed by atoms with E-state index in [1.807, 2.05) is 38.1 Å². The number of carbonyl (C=O) groups is 1. The molecule has 5 nitrogen and oxygen atoms in total. The lowest BCUT2D eigenvalue weighted by molar-refractivity contribution is -0.116. The Bertz CT molecular complexity index is 700. The maximum Gasteiger partial charge on any atom is 0.224 e. The SMILES string of the molecule is CCOc1ccc(NC(=O)CCCOc2cccc(C)c2)cc1OC. The summed E-state index contributed by atoms with van der Waals surface area (Å²) >= 11 is 0. The number of anilines is 1. The van der Waals surface area contributed by atoms with Gasteiger partial charge in [0.1, 0.15) is 5.75 Å². The van der Waals surface area contributed by atoms with Gasteiger partial charge >= 0.3 is 0 Å². The molecule has 1 amide bonds. The van der Waals surface area contributed by atoms with Gasteiger partial charge in [-0.15, -0.1) is 0 Å². The monoisotopic (exact) mass is 343 g/mol. The van der Waals surface area contributed by atoms with Crippen molar-refractivity contribution < 1.29 is 19.0 Å². The predicted molar refractivity (Wildman–Crippen MR) is 98.7 cm³/mol. The number of hydrogen-bond acceptors (Lipinski definition) is 4. The molecule has 0 saturated carbocycles. The average Bonchev–Trinajstić information content (AvgIpc) is 2.60. The van der Waals surface area contributed by atoms with E-state index in [1.54, 1.807) is 25.3 Å². The first-order valence-electron chi connectivity index (χ1n) is 8.42. The van der Waals surface area contributed by atoms with Crippen molar-refractivity contribution in [2.75, 3.05) is 25.6 Å². The Hall–Kier alpha value is -2.69. The molecule has 1 N–H and O–H groups in total. The summed E-state index contributed by atoms with van der Waals surface area (Å²) in [7, 11) is 1.58. The maximum absolute atomic E-state index is 12.0. The number of nitrogens with one attached hydrogen (secondary N) is 1. The van der Waals surface area contributed by atoms with Crippen LogP contribution in [0.25, 0.3) is 0 Å². The number of ether oxygens (including phenoxy) is 3. The topological polar surface area (TPSA) is 56.8 Å². The molecule has 0 bridgehead atoms. The highest BCUT2D eigenvalue weighted by Crippen LogP contribution is 2.30. The van der Waals surface area contributed by atoms with Crippen molar-refractivity contribution >= 4 is 11.6 Å². The predicted octanol–water partition coefficient (Wildman–Crippen LogP) is 4.20. The molecule has 134 valence electrons. The number of carbonyl (C=O) groups excluding carboxylic acids is 1. The first-order valence-corrected chi connectivity index (χ1v) is 8.42. The number of rotatable bonds is 9. The third-order valence-electron chi connectivity index (χ3n) is 3.55. The largest absolute Gasteiger partial charge is 0.494 e. The van der Waals surface area contributed by atoms with Gasteiger partial charge in [0.2, 0.25) is 5.91 Å². The average molecular weight is 343 g/mol. The van der Waals surface area contributed by atoms with Crippen LogP contribution < -0.4 is 19.5 Å². The van der Waals surface area contributed by atoms with E-state index >= 15 is 0 Å². The molecule has 0 aliphatic rings. The van der Waals surface area contributed by atoms with E-state index in [1.165, 1.54) is 0 Å². The Balaban J connectivity index is 1.78. The molecule has 0 radical (unpaired) electrons. The second-order valence-corrected chi connectivity index (χ2v) is 5.62. The number of hydrogen-bond donors (Lipinski definition) is 1. The zero-order valence-electron chi connectivity index (χ0n) is 15.0. The summed E-state index contributed by atoms with van der Waals surface area (Å²) in [6.07, 6.45) is 1.04. The van der Waals surface area contributed by atoms with Crippen LogP contribution in [0.3, 0.4) is 0 Å². The molecular weight excluding hydrogens is 318 g/mol. The molecule has 0 aliphatic carbocycles. The second-order valence-electron chi connectivity index (χ2n) is 5.62. The molecule has 0 saturated heterocycles. The first kappa shape index (κ1) is 18.6. The summed E-state index contributed by atoms with van der Waals surface area (Å²) in [5, 5.41) is 2.86. The molecule has 0 fully saturated rings. The Morgan fingerprint density at radius 3 is 2.64 bits per heavy atom. The summed E-state index contributed by atoms with van der Waals surface area (Å²) in [5.74, 6) is 2.03. The normalized spacial score (nSPS) is 10.2. The van der Waals surface area contributed by atoms with Crippen LogP contribution in [0, 0.1) is 6.92 Å². The van der Waals surface area contributed by atoms with Crippen LogP contribution in [0.1, 0.15) is 25.3 Å². The van der Waals surface area contributed by atoms with Crippen LogP contribution in [0.5, 0.6) is 17.2 Å². The van der Waals surface area contributed by atoms with Crippen molar-refractivity contribution in [1.82, 2.24) is 0 Å². The smallest absolute Gasteiger partial charge is 0.224 e. The fraction of sp³-hybridized carbons (Fsp3) is 0.350. The van der Waals surface area contributed by atoms with Gasteiger partial charge in [-0.05, 0) is 50.1 Å². The Labute approximate surface area is 148 Å². The summed E-state index contributed by atoms with van der Waals surface area (Å²) < 4.78 is 16.4. The van der Waals surface area contributed by atoms with Gasteiger partial charge in [0.25, 0.3) is 0 Å². The Morgan fingerprint density at radius 2 is 1.92 bits per heavy atom. The van der Waals surface area contributed by atoms with Gasteiger partial charge in [-0.25, -0.2) is 0 Å². The minimum atomic E-state index is -0.0564. The van der Waals surface area contributed by atoms with Gasteiger partial charge < -0.3 is 19.5 Å². The minimum absolute atomic E-state index is 0.0564. The van der Waals surface area contributed by atoms with Crippen LogP contribution in [0.4, 0.5) is 5.69 Å². The fourth-order valence-corrected chi connectivity index (χ4v) is 2.37. The van der Waals surface area contributed by atoms with E-state index in [2.05, 4.69) is 5.32 Å². The lowest BCUT2D eigenvalue weighted by Crippen LogP contribution is -2.13. The van der Waals surface area contributed by atoms with Crippen molar-refractivity contribution in [3.8, 4) is 17.2 Å². The maximum atomic E-state index is 12.0. The zero-order chi connectivity index (χ0) is 18.1. The fourth-order valence-electron chi connectivity index (χ4n) is 2.37. The van der Waals surface area contributed by atoms with E-state index in [0.717, 1.165) is 11.3 Å². The minimum Gasteiger partial charge on any atom is -0.494 e. The molecule has 0 heterocycles. The van der Waals surface area contributed by atoms with Gasteiger partial charge in [0.05, 0.1) is 20.3 Å². The molecule has 5 heteroatoms. The highest BCUT2D eigenvalue weighted by atomic mass is 16.5. The van der Waals surface area contributed by atoms with Crippen LogP contribution in [-0.2, 0) is 4.79 Å². The van der Waals surface area contributed by atoms with E-state index in [4.69, 9.17) is 14.2 Å². The van der Waals surface area contributed by atoms with Gasteiger partial charge in [0.15, 0.2) is 11.5 Å². The Morgan fingerprint density at radius 1 is 1.08 bits per heavy atom. The number of aryl methyl sites for hydroxylation is 1.